The number of urea groups is 1. The van der Waals surface area contributed by atoms with Crippen molar-refractivity contribution in [2.45, 2.75) is 40.0 Å². The molecule has 0 aliphatic heterocycles. The van der Waals surface area contributed by atoms with Gasteiger partial charge < -0.3 is 15.0 Å². The molecule has 2 amide bonds. The van der Waals surface area contributed by atoms with Gasteiger partial charge in [-0.3, -0.25) is 4.98 Å². The number of benzene rings is 1. The molecule has 134 valence electrons. The Morgan fingerprint density at radius 3 is 2.60 bits per heavy atom. The molecule has 0 fully saturated rings. The van der Waals surface area contributed by atoms with E-state index in [2.05, 4.69) is 10.3 Å². The van der Waals surface area contributed by atoms with Crippen LogP contribution in [0.15, 0.2) is 48.5 Å². The van der Waals surface area contributed by atoms with Gasteiger partial charge in [-0.2, -0.15) is 0 Å². The van der Waals surface area contributed by atoms with Crippen LogP contribution in [0.4, 0.5) is 4.79 Å². The number of aryl methyl sites for hydroxylation is 1. The summed E-state index contributed by atoms with van der Waals surface area (Å²) in [6, 6.07) is 15.7. The molecule has 1 atom stereocenters. The predicted octanol–water partition coefficient (Wildman–Crippen LogP) is 3.53. The van der Waals surface area contributed by atoms with Gasteiger partial charge in [-0.05, 0) is 38.5 Å². The topological polar surface area (TPSA) is 54.5 Å². The number of nitrogens with one attached hydrogen (secondary N) is 1. The van der Waals surface area contributed by atoms with Crippen molar-refractivity contribution in [1.82, 2.24) is 15.2 Å². The Balaban J connectivity index is 2.06. The third-order valence-corrected chi connectivity index (χ3v) is 3.79. The Labute approximate surface area is 150 Å². The van der Waals surface area contributed by atoms with Gasteiger partial charge in [0.15, 0.2) is 0 Å². The molecular weight excluding hydrogens is 314 g/mol. The van der Waals surface area contributed by atoms with Crippen LogP contribution < -0.4 is 5.32 Å². The summed E-state index contributed by atoms with van der Waals surface area (Å²) >= 11 is 0. The Hall–Kier alpha value is -2.40. The van der Waals surface area contributed by atoms with Gasteiger partial charge in [-0.1, -0.05) is 36.4 Å². The standard InChI is InChI=1S/C20H27N3O2/c1-4-25-17(3)13-21-20(24)23(14-18-10-6-5-7-11-18)15-19-12-8-9-16(2)22-19/h5-12,17H,4,13-15H2,1-3H3,(H,21,24)/t17-/m1/s1. The highest BCUT2D eigenvalue weighted by Gasteiger charge is 2.16. The second-order valence-electron chi connectivity index (χ2n) is 6.06. The quantitative estimate of drug-likeness (QED) is 0.799. The summed E-state index contributed by atoms with van der Waals surface area (Å²) in [5.74, 6) is 0. The lowest BCUT2D eigenvalue weighted by Gasteiger charge is -2.24. The molecule has 25 heavy (non-hydrogen) atoms. The SMILES string of the molecule is CCO[C@H](C)CNC(=O)N(Cc1ccccc1)Cc1cccc(C)n1. The summed E-state index contributed by atoms with van der Waals surface area (Å²) in [5, 5.41) is 2.96. The number of ether oxygens (including phenoxy) is 1. The van der Waals surface area contributed by atoms with Crippen molar-refractivity contribution in [2.24, 2.45) is 0 Å². The fraction of sp³-hybridized carbons (Fsp3) is 0.400. The van der Waals surface area contributed by atoms with Gasteiger partial charge >= 0.3 is 6.03 Å². The number of hydrogen-bond acceptors (Lipinski definition) is 3. The van der Waals surface area contributed by atoms with Crippen LogP contribution in [-0.4, -0.2) is 35.2 Å². The van der Waals surface area contributed by atoms with Crippen molar-refractivity contribution in [3.63, 3.8) is 0 Å². The third-order valence-electron chi connectivity index (χ3n) is 3.79. The molecule has 0 radical (unpaired) electrons. The second kappa shape index (κ2) is 9.79. The number of pyridine rings is 1. The molecule has 0 bridgehead atoms. The van der Waals surface area contributed by atoms with Crippen LogP contribution in [-0.2, 0) is 17.8 Å². The average molecular weight is 341 g/mol. The molecule has 5 heteroatoms. The molecule has 5 nitrogen and oxygen atoms in total. The lowest BCUT2D eigenvalue weighted by Crippen LogP contribution is -2.42. The number of carbonyl (C=O) groups excluding carboxylic acids is 1. The molecule has 1 heterocycles. The van der Waals surface area contributed by atoms with E-state index >= 15 is 0 Å². The Kier molecular flexibility index (Phi) is 7.41. The molecule has 0 unspecified atom stereocenters. The van der Waals surface area contributed by atoms with Gasteiger partial charge in [0.2, 0.25) is 0 Å². The first-order chi connectivity index (χ1) is 12.1. The predicted molar refractivity (Wildman–Crippen MR) is 99.1 cm³/mol. The van der Waals surface area contributed by atoms with E-state index < -0.39 is 0 Å². The lowest BCUT2D eigenvalue weighted by molar-refractivity contribution is 0.0758. The van der Waals surface area contributed by atoms with Crippen LogP contribution in [0.5, 0.6) is 0 Å². The van der Waals surface area contributed by atoms with Gasteiger partial charge in [-0.25, -0.2) is 4.79 Å². The van der Waals surface area contributed by atoms with Crippen LogP contribution in [0.25, 0.3) is 0 Å². The molecule has 0 aliphatic rings. The van der Waals surface area contributed by atoms with E-state index in [1.54, 1.807) is 4.90 Å². The zero-order valence-corrected chi connectivity index (χ0v) is 15.2. The van der Waals surface area contributed by atoms with Crippen molar-refractivity contribution in [3.8, 4) is 0 Å². The molecule has 1 N–H and O–H groups in total. The van der Waals surface area contributed by atoms with E-state index in [1.807, 2.05) is 69.3 Å². The maximum Gasteiger partial charge on any atom is 0.318 e. The molecule has 2 aromatic rings. The van der Waals surface area contributed by atoms with Crippen LogP contribution >= 0.6 is 0 Å². The number of nitrogens with zero attached hydrogens (tertiary/aromatic N) is 2. The van der Waals surface area contributed by atoms with Gasteiger partial charge in [0.05, 0.1) is 18.3 Å². The highest BCUT2D eigenvalue weighted by Crippen LogP contribution is 2.10. The van der Waals surface area contributed by atoms with Crippen molar-refractivity contribution in [3.05, 3.63) is 65.5 Å². The Morgan fingerprint density at radius 1 is 1.16 bits per heavy atom. The zero-order chi connectivity index (χ0) is 18.1. The maximum atomic E-state index is 12.7. The summed E-state index contributed by atoms with van der Waals surface area (Å²) in [4.78, 5) is 19.0. The molecule has 0 spiro atoms. The van der Waals surface area contributed by atoms with Gasteiger partial charge in [0, 0.05) is 25.4 Å². The summed E-state index contributed by atoms with van der Waals surface area (Å²) in [7, 11) is 0. The van der Waals surface area contributed by atoms with Gasteiger partial charge in [0.1, 0.15) is 0 Å². The minimum atomic E-state index is -0.112. The van der Waals surface area contributed by atoms with Crippen molar-refractivity contribution < 1.29 is 9.53 Å². The van der Waals surface area contributed by atoms with Crippen molar-refractivity contribution in [1.29, 1.82) is 0 Å². The number of carbonyl (C=O) groups is 1. The lowest BCUT2D eigenvalue weighted by atomic mass is 10.2. The van der Waals surface area contributed by atoms with E-state index in [0.717, 1.165) is 17.0 Å². The largest absolute Gasteiger partial charge is 0.377 e. The smallest absolute Gasteiger partial charge is 0.318 e. The van der Waals surface area contributed by atoms with E-state index in [9.17, 15) is 4.79 Å². The summed E-state index contributed by atoms with van der Waals surface area (Å²) < 4.78 is 5.48. The number of hydrogen-bond donors (Lipinski definition) is 1. The molecule has 2 rings (SSSR count). The van der Waals surface area contributed by atoms with Crippen molar-refractivity contribution >= 4 is 6.03 Å². The fourth-order valence-electron chi connectivity index (χ4n) is 2.57. The summed E-state index contributed by atoms with van der Waals surface area (Å²) in [6.07, 6.45) is -0.00961. The number of aromatic nitrogens is 1. The zero-order valence-electron chi connectivity index (χ0n) is 15.2. The van der Waals surface area contributed by atoms with E-state index in [4.69, 9.17) is 4.74 Å². The second-order valence-corrected chi connectivity index (χ2v) is 6.06. The van der Waals surface area contributed by atoms with E-state index in [1.165, 1.54) is 0 Å². The first-order valence-electron chi connectivity index (χ1n) is 8.69. The van der Waals surface area contributed by atoms with Crippen molar-refractivity contribution in [2.75, 3.05) is 13.2 Å². The fourth-order valence-corrected chi connectivity index (χ4v) is 2.57. The normalized spacial score (nSPS) is 11.8. The molecule has 0 saturated heterocycles. The molecule has 1 aromatic heterocycles. The van der Waals surface area contributed by atoms with E-state index in [-0.39, 0.29) is 12.1 Å². The summed E-state index contributed by atoms with van der Waals surface area (Å²) in [5.41, 5.74) is 2.91. The van der Waals surface area contributed by atoms with Crippen LogP contribution in [0, 0.1) is 6.92 Å². The maximum absolute atomic E-state index is 12.7. The van der Waals surface area contributed by atoms with Gasteiger partial charge in [-0.15, -0.1) is 0 Å². The number of amides is 2. The summed E-state index contributed by atoms with van der Waals surface area (Å²) in [6.45, 7) is 7.97. The number of rotatable bonds is 8. The Morgan fingerprint density at radius 2 is 1.92 bits per heavy atom. The third kappa shape index (κ3) is 6.55. The monoisotopic (exact) mass is 341 g/mol. The van der Waals surface area contributed by atoms with Crippen LogP contribution in [0.3, 0.4) is 0 Å². The minimum absolute atomic E-state index is 0.00961. The Bertz CT molecular complexity index is 661. The average Bonchev–Trinajstić information content (AvgIpc) is 2.60. The van der Waals surface area contributed by atoms with Crippen LogP contribution in [0.2, 0.25) is 0 Å². The minimum Gasteiger partial charge on any atom is -0.377 e. The van der Waals surface area contributed by atoms with E-state index in [0.29, 0.717) is 26.2 Å². The highest BCUT2D eigenvalue weighted by molar-refractivity contribution is 5.74. The first-order valence-corrected chi connectivity index (χ1v) is 8.69. The first kappa shape index (κ1) is 18.9. The molecule has 0 saturated carbocycles. The highest BCUT2D eigenvalue weighted by atomic mass is 16.5. The molecule has 0 aliphatic carbocycles. The molecular formula is C20H27N3O2. The van der Waals surface area contributed by atoms with Crippen LogP contribution in [0.1, 0.15) is 30.8 Å². The van der Waals surface area contributed by atoms with Gasteiger partial charge in [0.25, 0.3) is 0 Å². The molecule has 1 aromatic carbocycles.